The molecule has 1 aliphatic rings. The first kappa shape index (κ1) is 28.4. The van der Waals surface area contributed by atoms with Crippen molar-refractivity contribution in [1.82, 2.24) is 0 Å². The van der Waals surface area contributed by atoms with Crippen molar-refractivity contribution < 1.29 is 29.2 Å². The maximum atomic E-state index is 11.6. The van der Waals surface area contributed by atoms with E-state index in [2.05, 4.69) is 0 Å². The molecule has 1 aliphatic heterocycles. The van der Waals surface area contributed by atoms with Crippen molar-refractivity contribution in [3.63, 3.8) is 0 Å². The molecule has 0 aromatic heterocycles. The maximum Gasteiger partial charge on any atom is 0.115 e. The van der Waals surface area contributed by atoms with E-state index in [1.54, 1.807) is 0 Å². The van der Waals surface area contributed by atoms with Gasteiger partial charge in [0.15, 0.2) is 0 Å². The summed E-state index contributed by atoms with van der Waals surface area (Å²) in [6.45, 7) is 5.08. The van der Waals surface area contributed by atoms with Crippen LogP contribution in [0, 0.1) is 0 Å². The summed E-state index contributed by atoms with van der Waals surface area (Å²) in [6, 6.07) is 29.7. The lowest BCUT2D eigenvalue weighted by Gasteiger charge is -2.49. The van der Waals surface area contributed by atoms with E-state index < -0.39 is 36.1 Å². The third kappa shape index (κ3) is 7.29. The minimum absolute atomic E-state index is 0.228. The highest BCUT2D eigenvalue weighted by Crippen LogP contribution is 2.35. The standard InChI is InChI=1S/C32H40O6/c1-3-32(34,4-2)31-28(33)30(37-22-26-18-12-7-13-19-26)29(36-21-25-16-10-6-11-17-25)27(38-31)23-35-20-24-14-8-5-9-15-24/h5-19,27-31,33-34H,3-4,20-23H2,1-2H3/t27-,28+,29-,30-,31+/m1/s1. The maximum absolute atomic E-state index is 11.6. The van der Waals surface area contributed by atoms with Crippen LogP contribution in [0.1, 0.15) is 43.4 Å². The Labute approximate surface area is 226 Å². The van der Waals surface area contributed by atoms with E-state index in [-0.39, 0.29) is 6.61 Å². The molecule has 2 N–H and O–H groups in total. The molecule has 0 saturated carbocycles. The van der Waals surface area contributed by atoms with E-state index >= 15 is 0 Å². The Bertz CT molecular complexity index is 1060. The first-order chi connectivity index (χ1) is 18.5. The highest BCUT2D eigenvalue weighted by molar-refractivity contribution is 5.15. The van der Waals surface area contributed by atoms with Crippen LogP contribution < -0.4 is 0 Å². The van der Waals surface area contributed by atoms with Gasteiger partial charge >= 0.3 is 0 Å². The molecule has 0 radical (unpaired) electrons. The average Bonchev–Trinajstić information content (AvgIpc) is 2.97. The molecule has 204 valence electrons. The largest absolute Gasteiger partial charge is 0.387 e. The molecule has 0 unspecified atom stereocenters. The molecule has 38 heavy (non-hydrogen) atoms. The van der Waals surface area contributed by atoms with Gasteiger partial charge in [-0.15, -0.1) is 0 Å². The van der Waals surface area contributed by atoms with Gasteiger partial charge in [-0.1, -0.05) is 105 Å². The van der Waals surface area contributed by atoms with E-state index in [0.717, 1.165) is 16.7 Å². The normalized spacial score (nSPS) is 23.8. The number of aliphatic hydroxyl groups excluding tert-OH is 1. The number of ether oxygens (including phenoxy) is 4. The van der Waals surface area contributed by atoms with Crippen molar-refractivity contribution in [3.05, 3.63) is 108 Å². The van der Waals surface area contributed by atoms with E-state index in [9.17, 15) is 10.2 Å². The van der Waals surface area contributed by atoms with Crippen molar-refractivity contribution in [3.8, 4) is 0 Å². The van der Waals surface area contributed by atoms with Gasteiger partial charge in [-0.3, -0.25) is 0 Å². The fraction of sp³-hybridized carbons (Fsp3) is 0.438. The van der Waals surface area contributed by atoms with Gasteiger partial charge in [-0.05, 0) is 29.5 Å². The fourth-order valence-electron chi connectivity index (χ4n) is 4.95. The lowest BCUT2D eigenvalue weighted by molar-refractivity contribution is -0.293. The topological polar surface area (TPSA) is 77.4 Å². The second-order valence-corrected chi connectivity index (χ2v) is 9.92. The van der Waals surface area contributed by atoms with E-state index in [0.29, 0.717) is 32.7 Å². The van der Waals surface area contributed by atoms with E-state index in [1.165, 1.54) is 0 Å². The van der Waals surface area contributed by atoms with Crippen LogP contribution in [-0.4, -0.2) is 52.9 Å². The number of aliphatic hydroxyl groups is 2. The Morgan fingerprint density at radius 2 is 1.13 bits per heavy atom. The minimum atomic E-state index is -1.21. The van der Waals surface area contributed by atoms with E-state index in [1.807, 2.05) is 105 Å². The smallest absolute Gasteiger partial charge is 0.115 e. The zero-order valence-electron chi connectivity index (χ0n) is 22.3. The van der Waals surface area contributed by atoms with Crippen molar-refractivity contribution in [1.29, 1.82) is 0 Å². The van der Waals surface area contributed by atoms with Crippen molar-refractivity contribution in [2.24, 2.45) is 0 Å². The average molecular weight is 521 g/mol. The summed E-state index contributed by atoms with van der Waals surface area (Å²) in [5, 5.41) is 23.0. The third-order valence-electron chi connectivity index (χ3n) is 7.38. The van der Waals surface area contributed by atoms with Crippen molar-refractivity contribution >= 4 is 0 Å². The highest BCUT2D eigenvalue weighted by Gasteiger charge is 2.53. The lowest BCUT2D eigenvalue weighted by Crippen LogP contribution is -2.66. The molecule has 6 nitrogen and oxygen atoms in total. The minimum Gasteiger partial charge on any atom is -0.387 e. The molecular weight excluding hydrogens is 480 g/mol. The van der Waals surface area contributed by atoms with Crippen LogP contribution in [0.5, 0.6) is 0 Å². The SMILES string of the molecule is CCC(O)(CC)[C@H]1O[C@H](COCc2ccccc2)[C@@H](OCc2ccccc2)[C@H](OCc2ccccc2)[C@@H]1O. The summed E-state index contributed by atoms with van der Waals surface area (Å²) < 4.78 is 25.3. The Kier molecular flexibility index (Phi) is 10.5. The molecule has 1 saturated heterocycles. The summed E-state index contributed by atoms with van der Waals surface area (Å²) in [4.78, 5) is 0. The van der Waals surface area contributed by atoms with Crippen LogP contribution in [0.4, 0.5) is 0 Å². The van der Waals surface area contributed by atoms with Crippen LogP contribution in [0.25, 0.3) is 0 Å². The fourth-order valence-corrected chi connectivity index (χ4v) is 4.95. The first-order valence-corrected chi connectivity index (χ1v) is 13.5. The summed E-state index contributed by atoms with van der Waals surface area (Å²) in [6.07, 6.45) is -2.96. The molecule has 3 aromatic rings. The monoisotopic (exact) mass is 520 g/mol. The van der Waals surface area contributed by atoms with Gasteiger partial charge in [-0.25, -0.2) is 0 Å². The predicted molar refractivity (Wildman–Crippen MR) is 146 cm³/mol. The molecule has 3 aromatic carbocycles. The van der Waals surface area contributed by atoms with Gasteiger partial charge in [0.05, 0.1) is 32.0 Å². The van der Waals surface area contributed by atoms with Crippen molar-refractivity contribution in [2.45, 2.75) is 82.6 Å². The Morgan fingerprint density at radius 1 is 0.684 bits per heavy atom. The summed E-state index contributed by atoms with van der Waals surface area (Å²) in [5.74, 6) is 0. The lowest BCUT2D eigenvalue weighted by atomic mass is 9.81. The van der Waals surface area contributed by atoms with Gasteiger partial charge in [0, 0.05) is 0 Å². The molecule has 0 amide bonds. The summed E-state index contributed by atoms with van der Waals surface area (Å²) in [7, 11) is 0. The quantitative estimate of drug-likeness (QED) is 0.328. The van der Waals surface area contributed by atoms with Gasteiger partial charge in [0.25, 0.3) is 0 Å². The Morgan fingerprint density at radius 3 is 1.61 bits per heavy atom. The molecular formula is C32H40O6. The van der Waals surface area contributed by atoms with Gasteiger partial charge in [0.1, 0.15) is 30.5 Å². The molecule has 0 spiro atoms. The number of hydrogen-bond acceptors (Lipinski definition) is 6. The highest BCUT2D eigenvalue weighted by atomic mass is 16.6. The van der Waals surface area contributed by atoms with Gasteiger partial charge in [0.2, 0.25) is 0 Å². The zero-order valence-corrected chi connectivity index (χ0v) is 22.3. The second-order valence-electron chi connectivity index (χ2n) is 9.92. The summed E-state index contributed by atoms with van der Waals surface area (Å²) in [5.41, 5.74) is 1.84. The van der Waals surface area contributed by atoms with Crippen LogP contribution in [0.15, 0.2) is 91.0 Å². The van der Waals surface area contributed by atoms with Gasteiger partial charge < -0.3 is 29.2 Å². The molecule has 1 heterocycles. The molecule has 1 fully saturated rings. The molecule has 0 bridgehead atoms. The number of rotatable bonds is 13. The molecule has 6 heteroatoms. The Balaban J connectivity index is 1.58. The third-order valence-corrected chi connectivity index (χ3v) is 7.38. The Hall–Kier alpha value is -2.58. The molecule has 4 rings (SSSR count). The second kappa shape index (κ2) is 14.0. The van der Waals surface area contributed by atoms with Crippen LogP contribution >= 0.6 is 0 Å². The zero-order chi connectivity index (χ0) is 26.8. The van der Waals surface area contributed by atoms with Crippen LogP contribution in [0.2, 0.25) is 0 Å². The number of benzene rings is 3. The number of hydrogen-bond donors (Lipinski definition) is 2. The predicted octanol–water partition coefficient (Wildman–Crippen LogP) is 5.05. The van der Waals surface area contributed by atoms with Crippen LogP contribution in [0.3, 0.4) is 0 Å². The van der Waals surface area contributed by atoms with Gasteiger partial charge in [-0.2, -0.15) is 0 Å². The van der Waals surface area contributed by atoms with E-state index in [4.69, 9.17) is 18.9 Å². The first-order valence-electron chi connectivity index (χ1n) is 13.5. The van der Waals surface area contributed by atoms with Crippen LogP contribution in [-0.2, 0) is 38.8 Å². The molecule has 5 atom stereocenters. The van der Waals surface area contributed by atoms with Crippen molar-refractivity contribution in [2.75, 3.05) is 6.61 Å². The summed E-state index contributed by atoms with van der Waals surface area (Å²) >= 11 is 0. The molecule has 0 aliphatic carbocycles.